The minimum atomic E-state index is -0.459. The van der Waals surface area contributed by atoms with Crippen LogP contribution in [0.15, 0.2) is 78.9 Å². The monoisotopic (exact) mass is 474 g/mol. The zero-order chi connectivity index (χ0) is 23.1. The number of halogens is 2. The van der Waals surface area contributed by atoms with Crippen LogP contribution in [-0.4, -0.2) is 17.6 Å². The predicted molar refractivity (Wildman–Crippen MR) is 136 cm³/mol. The predicted octanol–water partition coefficient (Wildman–Crippen LogP) is 6.92. The number of hydrogen-bond acceptors (Lipinski definition) is 2. The summed E-state index contributed by atoms with van der Waals surface area (Å²) in [4.78, 5) is 12.2. The van der Waals surface area contributed by atoms with E-state index in [-0.39, 0.29) is 0 Å². The van der Waals surface area contributed by atoms with Crippen molar-refractivity contribution in [2.75, 3.05) is 7.11 Å². The summed E-state index contributed by atoms with van der Waals surface area (Å²) in [5.74, 6) is 0.328. The highest BCUT2D eigenvalue weighted by Crippen LogP contribution is 2.39. The Morgan fingerprint density at radius 2 is 1.64 bits per heavy atom. The Balaban J connectivity index is 1.81. The van der Waals surface area contributed by atoms with Crippen molar-refractivity contribution in [3.05, 3.63) is 100 Å². The van der Waals surface area contributed by atoms with Crippen LogP contribution in [-0.2, 0) is 6.54 Å². The average Bonchev–Trinajstić information content (AvgIpc) is 3.12. The Morgan fingerprint density at radius 3 is 2.36 bits per heavy atom. The minimum absolute atomic E-state index is 0.459. The van der Waals surface area contributed by atoms with E-state index in [1.165, 1.54) is 0 Å². The maximum absolute atomic E-state index is 12.2. The van der Waals surface area contributed by atoms with E-state index in [2.05, 4.69) is 10.6 Å². The van der Waals surface area contributed by atoms with Gasteiger partial charge < -0.3 is 15.0 Å². The molecule has 164 valence electrons. The van der Waals surface area contributed by atoms with Crippen molar-refractivity contribution in [2.45, 2.75) is 6.54 Å². The zero-order valence-electron chi connectivity index (χ0n) is 17.8. The Kier molecular flexibility index (Phi) is 5.49. The van der Waals surface area contributed by atoms with Crippen molar-refractivity contribution in [2.24, 2.45) is 5.73 Å². The summed E-state index contributed by atoms with van der Waals surface area (Å²) in [6, 6.07) is 25.1. The van der Waals surface area contributed by atoms with E-state index in [1.807, 2.05) is 66.7 Å². The molecule has 2 N–H and O–H groups in total. The summed E-state index contributed by atoms with van der Waals surface area (Å²) in [6.07, 6.45) is 0. The number of methoxy groups -OCH3 is 1. The Hall–Kier alpha value is -3.47. The van der Waals surface area contributed by atoms with Crippen LogP contribution in [0.25, 0.3) is 32.9 Å². The maximum atomic E-state index is 12.2. The number of nitrogens with zero attached hydrogens (tertiary/aromatic N) is 1. The lowest BCUT2D eigenvalue weighted by molar-refractivity contribution is 0.100. The molecule has 33 heavy (non-hydrogen) atoms. The van der Waals surface area contributed by atoms with Gasteiger partial charge in [0.25, 0.3) is 0 Å². The lowest BCUT2D eigenvalue weighted by Crippen LogP contribution is -2.11. The van der Waals surface area contributed by atoms with E-state index >= 15 is 0 Å². The van der Waals surface area contributed by atoms with Crippen molar-refractivity contribution >= 4 is 50.9 Å². The molecule has 5 rings (SSSR count). The molecule has 0 unspecified atom stereocenters. The van der Waals surface area contributed by atoms with Crippen molar-refractivity contribution in [1.82, 2.24) is 4.57 Å². The molecule has 5 aromatic rings. The normalized spacial score (nSPS) is 11.2. The number of ether oxygens (including phenoxy) is 1. The molecule has 0 aliphatic carbocycles. The highest BCUT2D eigenvalue weighted by molar-refractivity contribution is 6.39. The topological polar surface area (TPSA) is 57.2 Å². The van der Waals surface area contributed by atoms with Crippen LogP contribution < -0.4 is 10.5 Å². The van der Waals surface area contributed by atoms with Crippen LogP contribution >= 0.6 is 23.2 Å². The molecule has 0 spiro atoms. The second-order valence-corrected chi connectivity index (χ2v) is 8.64. The summed E-state index contributed by atoms with van der Waals surface area (Å²) in [5.41, 5.74) is 10.8. The Labute approximate surface area is 201 Å². The summed E-state index contributed by atoms with van der Waals surface area (Å²) < 4.78 is 7.58. The number of hydrogen-bond donors (Lipinski definition) is 1. The lowest BCUT2D eigenvalue weighted by atomic mass is 10.0. The second kappa shape index (κ2) is 8.47. The van der Waals surface area contributed by atoms with Gasteiger partial charge in [0.05, 0.1) is 18.1 Å². The molecule has 1 amide bonds. The van der Waals surface area contributed by atoms with Crippen LogP contribution in [0, 0.1) is 0 Å². The number of primary amides is 1. The number of benzene rings is 4. The van der Waals surface area contributed by atoms with Gasteiger partial charge in [0, 0.05) is 38.5 Å². The van der Waals surface area contributed by atoms with Crippen molar-refractivity contribution in [3.63, 3.8) is 0 Å². The summed E-state index contributed by atoms with van der Waals surface area (Å²) in [5, 5.41) is 2.93. The molecule has 6 heteroatoms. The van der Waals surface area contributed by atoms with Gasteiger partial charge in [0.15, 0.2) is 0 Å². The first kappa shape index (κ1) is 21.4. The molecule has 4 aromatic carbocycles. The third-order valence-electron chi connectivity index (χ3n) is 5.88. The van der Waals surface area contributed by atoms with E-state index in [1.54, 1.807) is 13.2 Å². The molecule has 0 bridgehead atoms. The van der Waals surface area contributed by atoms with E-state index in [0.717, 1.165) is 44.2 Å². The number of carbonyl (C=O) groups excluding carboxylic acids is 1. The van der Waals surface area contributed by atoms with Crippen LogP contribution in [0.5, 0.6) is 5.75 Å². The van der Waals surface area contributed by atoms with E-state index in [9.17, 15) is 4.79 Å². The molecule has 0 saturated carbocycles. The van der Waals surface area contributed by atoms with E-state index < -0.39 is 5.91 Å². The van der Waals surface area contributed by atoms with Crippen molar-refractivity contribution in [1.29, 1.82) is 0 Å². The van der Waals surface area contributed by atoms with Gasteiger partial charge in [0.1, 0.15) is 5.75 Å². The van der Waals surface area contributed by atoms with Crippen LogP contribution in [0.2, 0.25) is 10.0 Å². The van der Waals surface area contributed by atoms with Gasteiger partial charge in [-0.3, -0.25) is 4.79 Å². The highest BCUT2D eigenvalue weighted by Gasteiger charge is 2.18. The fourth-order valence-electron chi connectivity index (χ4n) is 4.40. The fraction of sp³-hybridized carbons (Fsp3) is 0.0741. The van der Waals surface area contributed by atoms with Gasteiger partial charge in [-0.15, -0.1) is 0 Å². The van der Waals surface area contributed by atoms with Crippen LogP contribution in [0.4, 0.5) is 0 Å². The number of rotatable bonds is 5. The molecule has 4 nitrogen and oxygen atoms in total. The smallest absolute Gasteiger partial charge is 0.249 e. The maximum Gasteiger partial charge on any atom is 0.249 e. The second-order valence-electron chi connectivity index (χ2n) is 7.83. The van der Waals surface area contributed by atoms with Gasteiger partial charge in [-0.2, -0.15) is 0 Å². The number of nitrogens with two attached hydrogens (primary N) is 1. The first-order valence-corrected chi connectivity index (χ1v) is 11.2. The first-order chi connectivity index (χ1) is 16.0. The number of aromatic nitrogens is 1. The Morgan fingerprint density at radius 1 is 0.909 bits per heavy atom. The van der Waals surface area contributed by atoms with E-state index in [4.69, 9.17) is 33.7 Å². The largest absolute Gasteiger partial charge is 0.497 e. The summed E-state index contributed by atoms with van der Waals surface area (Å²) in [6.45, 7) is 0.582. The highest BCUT2D eigenvalue weighted by atomic mass is 35.5. The van der Waals surface area contributed by atoms with Crippen molar-refractivity contribution < 1.29 is 9.53 Å². The molecular formula is C27H20Cl2N2O2. The molecule has 0 saturated heterocycles. The third kappa shape index (κ3) is 3.71. The summed E-state index contributed by atoms with van der Waals surface area (Å²) >= 11 is 13.0. The van der Waals surface area contributed by atoms with Gasteiger partial charge in [-0.1, -0.05) is 59.6 Å². The van der Waals surface area contributed by atoms with Crippen LogP contribution in [0.1, 0.15) is 15.9 Å². The molecule has 1 aromatic heterocycles. The molecular weight excluding hydrogens is 455 g/mol. The van der Waals surface area contributed by atoms with Crippen molar-refractivity contribution in [3.8, 4) is 16.9 Å². The standard InChI is InChI=1S/C27H20Cl2N2O2/c1-33-18-6-2-5-16(13-18)15-31-23-10-3-7-20(27(30)32)26(23)19-12-11-17(14-24(19)31)25-21(28)8-4-9-22(25)29/h2-14H,15H2,1H3,(H2,30,32). The van der Waals surface area contributed by atoms with Gasteiger partial charge in [0.2, 0.25) is 5.91 Å². The fourth-order valence-corrected chi connectivity index (χ4v) is 5.02. The Bertz CT molecular complexity index is 1520. The molecule has 0 fully saturated rings. The number of fused-ring (bicyclic) bond motifs is 3. The lowest BCUT2D eigenvalue weighted by Gasteiger charge is -2.11. The molecule has 0 aliphatic heterocycles. The van der Waals surface area contributed by atoms with E-state index in [0.29, 0.717) is 22.2 Å². The number of amides is 1. The SMILES string of the molecule is COc1cccc(Cn2c3cc(-c4c(Cl)cccc4Cl)ccc3c3c(C(N)=O)cccc32)c1. The molecule has 0 atom stereocenters. The minimum Gasteiger partial charge on any atom is -0.497 e. The van der Waals surface area contributed by atoms with Gasteiger partial charge >= 0.3 is 0 Å². The number of carbonyl (C=O) groups is 1. The average molecular weight is 475 g/mol. The first-order valence-electron chi connectivity index (χ1n) is 10.4. The molecule has 1 heterocycles. The van der Waals surface area contributed by atoms with Crippen LogP contribution in [0.3, 0.4) is 0 Å². The van der Waals surface area contributed by atoms with Gasteiger partial charge in [-0.05, 0) is 53.6 Å². The summed E-state index contributed by atoms with van der Waals surface area (Å²) in [7, 11) is 1.65. The third-order valence-corrected chi connectivity index (χ3v) is 6.51. The molecule has 0 radical (unpaired) electrons. The van der Waals surface area contributed by atoms with Gasteiger partial charge in [-0.25, -0.2) is 0 Å². The quantitative estimate of drug-likeness (QED) is 0.300. The zero-order valence-corrected chi connectivity index (χ0v) is 19.3. The molecule has 0 aliphatic rings.